The van der Waals surface area contributed by atoms with E-state index in [1.54, 1.807) is 24.3 Å². The predicted molar refractivity (Wildman–Crippen MR) is 70.1 cm³/mol. The molecule has 0 saturated heterocycles. The van der Waals surface area contributed by atoms with Crippen LogP contribution in [0.5, 0.6) is 0 Å². The van der Waals surface area contributed by atoms with Crippen molar-refractivity contribution < 1.29 is 9.84 Å². The molecule has 18 heavy (non-hydrogen) atoms. The lowest BCUT2D eigenvalue weighted by Crippen LogP contribution is -2.33. The van der Waals surface area contributed by atoms with Crippen molar-refractivity contribution in [1.82, 2.24) is 5.32 Å². The summed E-state index contributed by atoms with van der Waals surface area (Å²) in [6, 6.07) is 9.23. The average molecular weight is 248 g/mol. The molecule has 1 rings (SSSR count). The van der Waals surface area contributed by atoms with E-state index in [2.05, 4.69) is 11.4 Å². The molecular weight excluding hydrogens is 228 g/mol. The lowest BCUT2D eigenvalue weighted by Gasteiger charge is -2.17. The number of rotatable bonds is 7. The molecule has 0 aliphatic carbocycles. The monoisotopic (exact) mass is 248 g/mol. The summed E-state index contributed by atoms with van der Waals surface area (Å²) in [5.41, 5.74) is 1.41. The topological polar surface area (TPSA) is 65.3 Å². The number of ether oxygens (including phenoxy) is 1. The summed E-state index contributed by atoms with van der Waals surface area (Å²) in [6.07, 6.45) is -0.568. The lowest BCUT2D eigenvalue weighted by atomic mass is 10.1. The molecule has 0 aliphatic rings. The Hall–Kier alpha value is -1.41. The van der Waals surface area contributed by atoms with Gasteiger partial charge in [0.05, 0.1) is 24.3 Å². The van der Waals surface area contributed by atoms with Crippen LogP contribution in [0.25, 0.3) is 0 Å². The zero-order chi connectivity index (χ0) is 13.4. The van der Waals surface area contributed by atoms with E-state index in [0.717, 1.165) is 5.56 Å². The second-order valence-corrected chi connectivity index (χ2v) is 4.22. The zero-order valence-corrected chi connectivity index (χ0v) is 10.9. The zero-order valence-electron chi connectivity index (χ0n) is 10.9. The molecular formula is C14H20N2O2. The normalized spacial score (nSPS) is 13.9. The first-order valence-corrected chi connectivity index (χ1v) is 6.16. The maximum absolute atomic E-state index is 9.97. The van der Waals surface area contributed by atoms with Gasteiger partial charge in [-0.15, -0.1) is 0 Å². The van der Waals surface area contributed by atoms with E-state index in [9.17, 15) is 5.11 Å². The van der Waals surface area contributed by atoms with Crippen molar-refractivity contribution in [3.05, 3.63) is 35.4 Å². The van der Waals surface area contributed by atoms with Crippen molar-refractivity contribution in [3.8, 4) is 6.07 Å². The summed E-state index contributed by atoms with van der Waals surface area (Å²) in [7, 11) is 0. The van der Waals surface area contributed by atoms with Gasteiger partial charge in [-0.3, -0.25) is 0 Å². The van der Waals surface area contributed by atoms with E-state index in [0.29, 0.717) is 25.3 Å². The highest BCUT2D eigenvalue weighted by Gasteiger charge is 2.09. The molecule has 2 N–H and O–H groups in total. The van der Waals surface area contributed by atoms with Gasteiger partial charge < -0.3 is 15.2 Å². The highest BCUT2D eigenvalue weighted by molar-refractivity contribution is 5.32. The lowest BCUT2D eigenvalue weighted by molar-refractivity contribution is 0.116. The minimum absolute atomic E-state index is 0.206. The molecule has 0 spiro atoms. The number of hydrogen-bond acceptors (Lipinski definition) is 4. The third-order valence-corrected chi connectivity index (χ3v) is 2.66. The Balaban J connectivity index is 2.40. The Morgan fingerprint density at radius 3 is 2.61 bits per heavy atom. The van der Waals surface area contributed by atoms with Gasteiger partial charge in [-0.1, -0.05) is 12.1 Å². The van der Waals surface area contributed by atoms with Gasteiger partial charge in [0.25, 0.3) is 0 Å². The SMILES string of the molecule is CCOCC(C)NCC(O)c1ccc(C#N)cc1. The molecule has 2 atom stereocenters. The van der Waals surface area contributed by atoms with Crippen molar-refractivity contribution in [2.45, 2.75) is 26.0 Å². The smallest absolute Gasteiger partial charge is 0.0991 e. The maximum Gasteiger partial charge on any atom is 0.0991 e. The molecule has 0 bridgehead atoms. The first-order valence-electron chi connectivity index (χ1n) is 6.16. The number of nitriles is 1. The van der Waals surface area contributed by atoms with E-state index in [-0.39, 0.29) is 6.04 Å². The number of aliphatic hydroxyl groups is 1. The molecule has 0 aromatic heterocycles. The molecule has 98 valence electrons. The van der Waals surface area contributed by atoms with E-state index in [4.69, 9.17) is 10.00 Å². The largest absolute Gasteiger partial charge is 0.387 e. The van der Waals surface area contributed by atoms with Gasteiger partial charge in [0, 0.05) is 19.2 Å². The molecule has 2 unspecified atom stereocenters. The predicted octanol–water partition coefficient (Wildman–Crippen LogP) is 1.61. The maximum atomic E-state index is 9.97. The summed E-state index contributed by atoms with van der Waals surface area (Å²) in [5.74, 6) is 0. The summed E-state index contributed by atoms with van der Waals surface area (Å²) in [6.45, 7) is 5.78. The van der Waals surface area contributed by atoms with Crippen molar-refractivity contribution in [1.29, 1.82) is 5.26 Å². The van der Waals surface area contributed by atoms with Crippen molar-refractivity contribution in [3.63, 3.8) is 0 Å². The minimum Gasteiger partial charge on any atom is -0.387 e. The van der Waals surface area contributed by atoms with Crippen LogP contribution in [0.1, 0.15) is 31.1 Å². The quantitative estimate of drug-likeness (QED) is 0.769. The fraction of sp³-hybridized carbons (Fsp3) is 0.500. The molecule has 1 aromatic rings. The van der Waals surface area contributed by atoms with E-state index >= 15 is 0 Å². The van der Waals surface area contributed by atoms with Crippen LogP contribution in [0.4, 0.5) is 0 Å². The molecule has 0 saturated carbocycles. The third kappa shape index (κ3) is 4.84. The van der Waals surface area contributed by atoms with Crippen LogP contribution in [0.3, 0.4) is 0 Å². The average Bonchev–Trinajstić information content (AvgIpc) is 2.42. The second kappa shape index (κ2) is 7.83. The Kier molecular flexibility index (Phi) is 6.37. The number of nitrogens with one attached hydrogen (secondary N) is 1. The van der Waals surface area contributed by atoms with Crippen molar-refractivity contribution in [2.24, 2.45) is 0 Å². The van der Waals surface area contributed by atoms with E-state index in [1.807, 2.05) is 13.8 Å². The molecule has 0 fully saturated rings. The van der Waals surface area contributed by atoms with Crippen LogP contribution in [0.2, 0.25) is 0 Å². The molecule has 0 aliphatic heterocycles. The van der Waals surface area contributed by atoms with Gasteiger partial charge >= 0.3 is 0 Å². The number of benzene rings is 1. The summed E-state index contributed by atoms with van der Waals surface area (Å²) >= 11 is 0. The van der Waals surface area contributed by atoms with Gasteiger partial charge in [-0.05, 0) is 31.5 Å². The Bertz CT molecular complexity index is 384. The Labute approximate surface area is 108 Å². The summed E-state index contributed by atoms with van der Waals surface area (Å²) in [5, 5.41) is 21.9. The fourth-order valence-corrected chi connectivity index (χ4v) is 1.56. The first-order chi connectivity index (χ1) is 8.67. The minimum atomic E-state index is -0.568. The molecule has 0 radical (unpaired) electrons. The van der Waals surface area contributed by atoms with Crippen LogP contribution in [-0.2, 0) is 4.74 Å². The second-order valence-electron chi connectivity index (χ2n) is 4.22. The van der Waals surface area contributed by atoms with Crippen LogP contribution >= 0.6 is 0 Å². The molecule has 0 amide bonds. The van der Waals surface area contributed by atoms with Gasteiger partial charge in [0.1, 0.15) is 0 Å². The van der Waals surface area contributed by atoms with E-state index in [1.165, 1.54) is 0 Å². The summed E-state index contributed by atoms with van der Waals surface area (Å²) < 4.78 is 5.28. The van der Waals surface area contributed by atoms with Crippen LogP contribution < -0.4 is 5.32 Å². The van der Waals surface area contributed by atoms with E-state index < -0.39 is 6.10 Å². The van der Waals surface area contributed by atoms with Crippen molar-refractivity contribution >= 4 is 0 Å². The van der Waals surface area contributed by atoms with Gasteiger partial charge in [-0.2, -0.15) is 5.26 Å². The first kappa shape index (κ1) is 14.7. The Morgan fingerprint density at radius 2 is 2.06 bits per heavy atom. The van der Waals surface area contributed by atoms with Crippen molar-refractivity contribution in [2.75, 3.05) is 19.8 Å². The molecule has 1 aromatic carbocycles. The van der Waals surface area contributed by atoms with Crippen LogP contribution in [0, 0.1) is 11.3 Å². The van der Waals surface area contributed by atoms with Gasteiger partial charge in [-0.25, -0.2) is 0 Å². The highest BCUT2D eigenvalue weighted by Crippen LogP contribution is 2.12. The third-order valence-electron chi connectivity index (χ3n) is 2.66. The number of nitrogens with zero attached hydrogens (tertiary/aromatic N) is 1. The van der Waals surface area contributed by atoms with Gasteiger partial charge in [0.2, 0.25) is 0 Å². The molecule has 4 heteroatoms. The number of aliphatic hydroxyl groups excluding tert-OH is 1. The molecule has 4 nitrogen and oxygen atoms in total. The highest BCUT2D eigenvalue weighted by atomic mass is 16.5. The Morgan fingerprint density at radius 1 is 1.39 bits per heavy atom. The summed E-state index contributed by atoms with van der Waals surface area (Å²) in [4.78, 5) is 0. The fourth-order valence-electron chi connectivity index (χ4n) is 1.56. The van der Waals surface area contributed by atoms with Crippen LogP contribution in [0.15, 0.2) is 24.3 Å². The standard InChI is InChI=1S/C14H20N2O2/c1-3-18-10-11(2)16-9-14(17)13-6-4-12(8-15)5-7-13/h4-7,11,14,16-17H,3,9-10H2,1-2H3. The van der Waals surface area contributed by atoms with Gasteiger partial charge in [0.15, 0.2) is 0 Å². The molecule has 0 heterocycles. The number of hydrogen-bond donors (Lipinski definition) is 2. The van der Waals surface area contributed by atoms with Crippen LogP contribution in [-0.4, -0.2) is 30.9 Å².